The molecule has 0 bridgehead atoms. The van der Waals surface area contributed by atoms with Gasteiger partial charge >= 0.3 is 0 Å². The summed E-state index contributed by atoms with van der Waals surface area (Å²) in [5.41, 5.74) is 1.56. The molecule has 1 heterocycles. The van der Waals surface area contributed by atoms with E-state index in [2.05, 4.69) is 10.3 Å². The summed E-state index contributed by atoms with van der Waals surface area (Å²) in [5, 5.41) is 3.39. The average Bonchev–Trinajstić information content (AvgIpc) is 2.72. The summed E-state index contributed by atoms with van der Waals surface area (Å²) in [6, 6.07) is 18.4. The van der Waals surface area contributed by atoms with Gasteiger partial charge in [-0.1, -0.05) is 42.5 Å². The summed E-state index contributed by atoms with van der Waals surface area (Å²) in [6.07, 6.45) is 3.24. The third kappa shape index (κ3) is 3.64. The molecule has 0 aliphatic rings. The number of nitrogens with zero attached hydrogens (tertiary/aromatic N) is 1. The minimum atomic E-state index is -1.18. The molecule has 5 nitrogen and oxygen atoms in total. The normalized spacial score (nSPS) is 12.7. The number of aromatic nitrogens is 1. The highest BCUT2D eigenvalue weighted by molar-refractivity contribution is 5.96. The summed E-state index contributed by atoms with van der Waals surface area (Å²) >= 11 is 0. The van der Waals surface area contributed by atoms with Crippen LogP contribution in [0.4, 0.5) is 5.69 Å². The first kappa shape index (κ1) is 19.3. The number of hydrogen-bond donors (Lipinski definition) is 1. The molecule has 0 radical (unpaired) electrons. The predicted octanol–water partition coefficient (Wildman–Crippen LogP) is 4.24. The number of nitrogens with one attached hydrogen (secondary N) is 1. The quantitative estimate of drug-likeness (QED) is 0.627. The highest BCUT2D eigenvalue weighted by Gasteiger charge is 2.40. The first-order valence-electron chi connectivity index (χ1n) is 8.92. The fourth-order valence-electron chi connectivity index (χ4n) is 3.23. The average molecular weight is 374 g/mol. The lowest BCUT2D eigenvalue weighted by molar-refractivity contribution is -0.120. The van der Waals surface area contributed by atoms with Gasteiger partial charge in [0.25, 0.3) is 0 Å². The first-order valence-corrected chi connectivity index (χ1v) is 8.92. The number of hydrogen-bond acceptors (Lipinski definition) is 5. The molecule has 1 aromatic heterocycles. The van der Waals surface area contributed by atoms with E-state index in [-0.39, 0.29) is 11.6 Å². The first-order chi connectivity index (χ1) is 13.5. The highest BCUT2D eigenvalue weighted by Crippen LogP contribution is 2.36. The van der Waals surface area contributed by atoms with Crippen LogP contribution in [0.5, 0.6) is 5.75 Å². The van der Waals surface area contributed by atoms with Crippen LogP contribution in [0, 0.1) is 0 Å². The van der Waals surface area contributed by atoms with Gasteiger partial charge in [-0.05, 0) is 37.6 Å². The molecule has 0 amide bonds. The molecule has 5 heteroatoms. The molecular formula is C23H22N2O3. The van der Waals surface area contributed by atoms with E-state index in [4.69, 9.17) is 4.74 Å². The number of benzene rings is 2. The van der Waals surface area contributed by atoms with Crippen molar-refractivity contribution >= 4 is 17.3 Å². The van der Waals surface area contributed by atoms with E-state index in [0.717, 1.165) is 5.69 Å². The molecule has 142 valence electrons. The monoisotopic (exact) mass is 374 g/mol. The fraction of sp³-hybridized carbons (Fsp3) is 0.174. The molecule has 0 aliphatic heterocycles. The maximum absolute atomic E-state index is 13.1. The zero-order chi connectivity index (χ0) is 20.1. The Morgan fingerprint density at radius 3 is 2.18 bits per heavy atom. The van der Waals surface area contributed by atoms with E-state index in [1.54, 1.807) is 49.8 Å². The van der Waals surface area contributed by atoms with Crippen LogP contribution < -0.4 is 10.1 Å². The van der Waals surface area contributed by atoms with Crippen molar-refractivity contribution < 1.29 is 14.3 Å². The molecule has 1 atom stereocenters. The number of ketones is 2. The van der Waals surface area contributed by atoms with E-state index < -0.39 is 5.54 Å². The summed E-state index contributed by atoms with van der Waals surface area (Å²) in [5.74, 6) is 0.416. The van der Waals surface area contributed by atoms with Gasteiger partial charge < -0.3 is 10.1 Å². The van der Waals surface area contributed by atoms with Crippen LogP contribution in [0.3, 0.4) is 0 Å². The minimum Gasteiger partial charge on any atom is -0.495 e. The lowest BCUT2D eigenvalue weighted by atomic mass is 9.79. The minimum absolute atomic E-state index is 0.0287. The van der Waals surface area contributed by atoms with E-state index >= 15 is 0 Å². The van der Waals surface area contributed by atoms with Gasteiger partial charge in [-0.2, -0.15) is 0 Å². The Bertz CT molecular complexity index is 984. The molecule has 3 aromatic rings. The van der Waals surface area contributed by atoms with Crippen LogP contribution in [-0.2, 0) is 10.3 Å². The Hall–Kier alpha value is -3.47. The largest absolute Gasteiger partial charge is 0.495 e. The number of methoxy groups -OCH3 is 1. The molecule has 3 rings (SSSR count). The fourth-order valence-corrected chi connectivity index (χ4v) is 3.23. The summed E-state index contributed by atoms with van der Waals surface area (Å²) in [6.45, 7) is 3.05. The van der Waals surface area contributed by atoms with E-state index in [1.165, 1.54) is 13.8 Å². The van der Waals surface area contributed by atoms with Crippen LogP contribution in [-0.4, -0.2) is 23.7 Å². The summed E-state index contributed by atoms with van der Waals surface area (Å²) in [7, 11) is 1.56. The Balaban J connectivity index is 2.23. The van der Waals surface area contributed by atoms with Gasteiger partial charge in [0.15, 0.2) is 11.6 Å². The molecule has 28 heavy (non-hydrogen) atoms. The van der Waals surface area contributed by atoms with Crippen LogP contribution in [0.2, 0.25) is 0 Å². The molecule has 0 aliphatic carbocycles. The van der Waals surface area contributed by atoms with Gasteiger partial charge in [-0.15, -0.1) is 0 Å². The van der Waals surface area contributed by atoms with Gasteiger partial charge in [0, 0.05) is 23.0 Å². The molecule has 0 spiro atoms. The van der Waals surface area contributed by atoms with Crippen LogP contribution in [0.1, 0.15) is 35.3 Å². The number of pyridine rings is 1. The number of carbonyl (C=O) groups is 2. The number of carbonyl (C=O) groups excluding carboxylic acids is 2. The van der Waals surface area contributed by atoms with Crippen LogP contribution in [0.15, 0.2) is 73.1 Å². The Morgan fingerprint density at radius 2 is 1.61 bits per heavy atom. The third-order valence-electron chi connectivity index (χ3n) is 4.74. The van der Waals surface area contributed by atoms with Crippen molar-refractivity contribution in [2.75, 3.05) is 12.4 Å². The topological polar surface area (TPSA) is 68.3 Å². The van der Waals surface area contributed by atoms with Crippen molar-refractivity contribution in [1.82, 2.24) is 4.98 Å². The Kier molecular flexibility index (Phi) is 5.54. The second-order valence-electron chi connectivity index (χ2n) is 6.54. The molecule has 0 saturated heterocycles. The molecule has 1 N–H and O–H groups in total. The summed E-state index contributed by atoms with van der Waals surface area (Å²) in [4.78, 5) is 29.0. The van der Waals surface area contributed by atoms with Gasteiger partial charge in [0.1, 0.15) is 11.3 Å². The van der Waals surface area contributed by atoms with Crippen molar-refractivity contribution in [3.05, 3.63) is 89.7 Å². The number of rotatable bonds is 7. The van der Waals surface area contributed by atoms with Crippen LogP contribution >= 0.6 is 0 Å². The van der Waals surface area contributed by atoms with Crippen molar-refractivity contribution in [3.63, 3.8) is 0 Å². The zero-order valence-electron chi connectivity index (χ0n) is 16.1. The lowest BCUT2D eigenvalue weighted by Gasteiger charge is -2.34. The number of anilines is 1. The van der Waals surface area contributed by atoms with Gasteiger partial charge in [-0.3, -0.25) is 14.6 Å². The van der Waals surface area contributed by atoms with E-state index in [0.29, 0.717) is 22.4 Å². The van der Waals surface area contributed by atoms with Gasteiger partial charge in [0.2, 0.25) is 0 Å². The Morgan fingerprint density at radius 1 is 0.929 bits per heavy atom. The number of Topliss-reactive ketones (excluding diaryl/α,β-unsaturated/α-hetero) is 2. The Labute approximate surface area is 164 Å². The van der Waals surface area contributed by atoms with Crippen LogP contribution in [0.25, 0.3) is 0 Å². The van der Waals surface area contributed by atoms with Gasteiger partial charge in [0.05, 0.1) is 13.3 Å². The zero-order valence-corrected chi connectivity index (χ0v) is 16.1. The lowest BCUT2D eigenvalue weighted by Crippen LogP contribution is -2.43. The molecule has 0 saturated carbocycles. The third-order valence-corrected chi connectivity index (χ3v) is 4.74. The highest BCUT2D eigenvalue weighted by atomic mass is 16.5. The van der Waals surface area contributed by atoms with Crippen molar-refractivity contribution in [2.45, 2.75) is 19.4 Å². The molecular weight excluding hydrogens is 352 g/mol. The molecule has 0 fully saturated rings. The smallest absolute Gasteiger partial charge is 0.164 e. The summed E-state index contributed by atoms with van der Waals surface area (Å²) < 4.78 is 5.32. The van der Waals surface area contributed by atoms with E-state index in [9.17, 15) is 9.59 Å². The molecule has 1 unspecified atom stereocenters. The van der Waals surface area contributed by atoms with Crippen molar-refractivity contribution in [2.24, 2.45) is 0 Å². The second kappa shape index (κ2) is 8.05. The standard InChI is InChI=1S/C23H22N2O3/c1-16(26)18-9-11-19(12-10-18)23(17(2)27,25-21-7-5-4-6-8-21)20-13-22(28-3)15-24-14-20/h4-15,25H,1-3H3. The number of ether oxygens (including phenoxy) is 1. The maximum atomic E-state index is 13.1. The number of para-hydroxylation sites is 1. The van der Waals surface area contributed by atoms with Crippen molar-refractivity contribution in [3.8, 4) is 5.75 Å². The SMILES string of the molecule is COc1cncc(C(Nc2ccccc2)(C(C)=O)c2ccc(C(C)=O)cc2)c1. The second-order valence-corrected chi connectivity index (χ2v) is 6.54. The van der Waals surface area contributed by atoms with E-state index in [1.807, 2.05) is 30.3 Å². The van der Waals surface area contributed by atoms with Gasteiger partial charge in [-0.25, -0.2) is 0 Å². The van der Waals surface area contributed by atoms with Crippen molar-refractivity contribution in [1.29, 1.82) is 0 Å². The predicted molar refractivity (Wildman–Crippen MR) is 109 cm³/mol. The maximum Gasteiger partial charge on any atom is 0.164 e. The molecule has 2 aromatic carbocycles.